The zero-order valence-corrected chi connectivity index (χ0v) is 11.7. The first-order chi connectivity index (χ1) is 9.21. The van der Waals surface area contributed by atoms with Gasteiger partial charge >= 0.3 is 0 Å². The summed E-state index contributed by atoms with van der Waals surface area (Å²) in [6, 6.07) is 7.45. The average molecular weight is 285 g/mol. The maximum Gasteiger partial charge on any atom is 0.233 e. The third-order valence-electron chi connectivity index (χ3n) is 2.51. The average Bonchev–Trinajstić information content (AvgIpc) is 2.45. The van der Waals surface area contributed by atoms with Crippen LogP contribution in [0.1, 0.15) is 0 Å². The van der Waals surface area contributed by atoms with E-state index in [1.807, 2.05) is 24.3 Å². The normalized spacial score (nSPS) is 10.3. The molecule has 0 atom stereocenters. The highest BCUT2D eigenvalue weighted by Gasteiger charge is 2.12. The van der Waals surface area contributed by atoms with E-state index in [4.69, 9.17) is 14.9 Å². The van der Waals surface area contributed by atoms with Crippen LogP contribution in [0.25, 0.3) is 0 Å². The van der Waals surface area contributed by atoms with Crippen LogP contribution in [0.5, 0.6) is 5.75 Å². The molecule has 1 aromatic carbocycles. The summed E-state index contributed by atoms with van der Waals surface area (Å²) in [6.45, 7) is 0.309. The molecule has 0 aliphatic rings. The minimum Gasteiger partial charge on any atom is -0.497 e. The van der Waals surface area contributed by atoms with Gasteiger partial charge < -0.3 is 19.8 Å². The third kappa shape index (κ3) is 5.50. The molecule has 19 heavy (non-hydrogen) atoms. The van der Waals surface area contributed by atoms with E-state index in [0.29, 0.717) is 0 Å². The molecule has 0 radical (unpaired) electrons. The van der Waals surface area contributed by atoms with E-state index < -0.39 is 0 Å². The Hall–Kier alpha value is -1.24. The number of thioether (sulfide) groups is 1. The quantitative estimate of drug-likeness (QED) is 0.685. The zero-order valence-electron chi connectivity index (χ0n) is 10.9. The summed E-state index contributed by atoms with van der Waals surface area (Å²) in [5, 5.41) is 17.7. The SMILES string of the molecule is COc1ccc(SCC(=O)N(CCO)CCO)cc1. The number of nitrogens with zero attached hydrogens (tertiary/aromatic N) is 1. The largest absolute Gasteiger partial charge is 0.497 e. The summed E-state index contributed by atoms with van der Waals surface area (Å²) in [5.41, 5.74) is 0. The number of hydrogen-bond acceptors (Lipinski definition) is 5. The van der Waals surface area contributed by atoms with Gasteiger partial charge in [0.2, 0.25) is 5.91 Å². The maximum absolute atomic E-state index is 11.9. The summed E-state index contributed by atoms with van der Waals surface area (Å²) in [6.07, 6.45) is 0. The van der Waals surface area contributed by atoms with Gasteiger partial charge in [-0.25, -0.2) is 0 Å². The Morgan fingerprint density at radius 1 is 1.21 bits per heavy atom. The standard InChI is InChI=1S/C13H19NO4S/c1-18-11-2-4-12(5-3-11)19-10-13(17)14(6-8-15)7-9-16/h2-5,15-16H,6-10H2,1H3. The number of ether oxygens (including phenoxy) is 1. The Morgan fingerprint density at radius 2 is 1.79 bits per heavy atom. The van der Waals surface area contributed by atoms with Crippen LogP contribution < -0.4 is 4.74 Å². The Labute approximate surface area is 117 Å². The van der Waals surface area contributed by atoms with Gasteiger partial charge in [-0.2, -0.15) is 0 Å². The number of carbonyl (C=O) groups excluding carboxylic acids is 1. The summed E-state index contributed by atoms with van der Waals surface area (Å²) in [5.74, 6) is 0.966. The molecular weight excluding hydrogens is 266 g/mol. The van der Waals surface area contributed by atoms with Crippen molar-refractivity contribution in [1.29, 1.82) is 0 Å². The number of methoxy groups -OCH3 is 1. The van der Waals surface area contributed by atoms with Gasteiger partial charge in [-0.1, -0.05) is 0 Å². The van der Waals surface area contributed by atoms with Crippen molar-refractivity contribution in [2.24, 2.45) is 0 Å². The lowest BCUT2D eigenvalue weighted by Crippen LogP contribution is -2.37. The lowest BCUT2D eigenvalue weighted by Gasteiger charge is -2.20. The number of aliphatic hydroxyl groups is 2. The van der Waals surface area contributed by atoms with Gasteiger partial charge in [0.05, 0.1) is 26.1 Å². The van der Waals surface area contributed by atoms with E-state index in [0.717, 1.165) is 10.6 Å². The number of aliphatic hydroxyl groups excluding tert-OH is 2. The van der Waals surface area contributed by atoms with Crippen molar-refractivity contribution in [1.82, 2.24) is 4.90 Å². The van der Waals surface area contributed by atoms with Crippen molar-refractivity contribution in [3.8, 4) is 5.75 Å². The second-order valence-corrected chi connectivity index (χ2v) is 4.84. The number of amides is 1. The molecule has 0 saturated carbocycles. The number of hydrogen-bond donors (Lipinski definition) is 2. The molecule has 5 nitrogen and oxygen atoms in total. The van der Waals surface area contributed by atoms with Crippen molar-refractivity contribution < 1.29 is 19.7 Å². The van der Waals surface area contributed by atoms with E-state index >= 15 is 0 Å². The first kappa shape index (κ1) is 15.8. The first-order valence-electron chi connectivity index (χ1n) is 5.97. The van der Waals surface area contributed by atoms with E-state index in [-0.39, 0.29) is 38.0 Å². The molecule has 0 saturated heterocycles. The van der Waals surface area contributed by atoms with Crippen LogP contribution in [-0.4, -0.2) is 60.2 Å². The molecule has 2 N–H and O–H groups in total. The van der Waals surface area contributed by atoms with Crippen molar-refractivity contribution in [3.05, 3.63) is 24.3 Å². The molecule has 106 valence electrons. The molecule has 0 bridgehead atoms. The highest BCUT2D eigenvalue weighted by molar-refractivity contribution is 8.00. The molecule has 0 aliphatic carbocycles. The second-order valence-electron chi connectivity index (χ2n) is 3.79. The van der Waals surface area contributed by atoms with Crippen LogP contribution >= 0.6 is 11.8 Å². The monoisotopic (exact) mass is 285 g/mol. The van der Waals surface area contributed by atoms with Crippen LogP contribution in [0.4, 0.5) is 0 Å². The Balaban J connectivity index is 2.46. The molecule has 0 spiro atoms. The van der Waals surface area contributed by atoms with Crippen molar-refractivity contribution in [2.75, 3.05) is 39.2 Å². The summed E-state index contributed by atoms with van der Waals surface area (Å²) in [4.78, 5) is 14.3. The molecular formula is C13H19NO4S. The fourth-order valence-electron chi connectivity index (χ4n) is 1.51. The van der Waals surface area contributed by atoms with Crippen molar-refractivity contribution >= 4 is 17.7 Å². The summed E-state index contributed by atoms with van der Waals surface area (Å²) < 4.78 is 5.06. The predicted octanol–water partition coefficient (Wildman–Crippen LogP) is 0.600. The highest BCUT2D eigenvalue weighted by atomic mass is 32.2. The lowest BCUT2D eigenvalue weighted by molar-refractivity contribution is -0.129. The molecule has 0 fully saturated rings. The van der Waals surface area contributed by atoms with Crippen LogP contribution in [0.3, 0.4) is 0 Å². The van der Waals surface area contributed by atoms with E-state index in [1.54, 1.807) is 7.11 Å². The maximum atomic E-state index is 11.9. The fraction of sp³-hybridized carbons (Fsp3) is 0.462. The predicted molar refractivity (Wildman–Crippen MR) is 74.5 cm³/mol. The van der Waals surface area contributed by atoms with Crippen molar-refractivity contribution in [2.45, 2.75) is 4.90 Å². The molecule has 1 amide bonds. The van der Waals surface area contributed by atoms with Gasteiger partial charge in [0.25, 0.3) is 0 Å². The highest BCUT2D eigenvalue weighted by Crippen LogP contribution is 2.21. The smallest absolute Gasteiger partial charge is 0.233 e. The lowest BCUT2D eigenvalue weighted by atomic mass is 10.3. The Kier molecular flexibility index (Phi) is 7.32. The molecule has 0 aromatic heterocycles. The van der Waals surface area contributed by atoms with Crippen LogP contribution in [-0.2, 0) is 4.79 Å². The van der Waals surface area contributed by atoms with E-state index in [2.05, 4.69) is 0 Å². The third-order valence-corrected chi connectivity index (χ3v) is 3.51. The van der Waals surface area contributed by atoms with Gasteiger partial charge in [-0.15, -0.1) is 11.8 Å². The Bertz CT molecular complexity index is 377. The first-order valence-corrected chi connectivity index (χ1v) is 6.96. The number of rotatable bonds is 8. The second kappa shape index (κ2) is 8.79. The molecule has 1 aromatic rings. The molecule has 6 heteroatoms. The van der Waals surface area contributed by atoms with E-state index in [1.165, 1.54) is 16.7 Å². The van der Waals surface area contributed by atoms with Gasteiger partial charge in [0.15, 0.2) is 0 Å². The Morgan fingerprint density at radius 3 is 2.26 bits per heavy atom. The number of carbonyl (C=O) groups is 1. The van der Waals surface area contributed by atoms with Gasteiger partial charge in [-0.05, 0) is 24.3 Å². The topological polar surface area (TPSA) is 70.0 Å². The molecule has 0 aliphatic heterocycles. The summed E-state index contributed by atoms with van der Waals surface area (Å²) >= 11 is 1.42. The number of benzene rings is 1. The minimum absolute atomic E-state index is 0.0936. The van der Waals surface area contributed by atoms with Gasteiger partial charge in [0.1, 0.15) is 5.75 Å². The van der Waals surface area contributed by atoms with Crippen LogP contribution in [0, 0.1) is 0 Å². The fourth-order valence-corrected chi connectivity index (χ4v) is 2.31. The minimum atomic E-state index is -0.0983. The van der Waals surface area contributed by atoms with Crippen molar-refractivity contribution in [3.63, 3.8) is 0 Å². The van der Waals surface area contributed by atoms with Crippen LogP contribution in [0.15, 0.2) is 29.2 Å². The van der Waals surface area contributed by atoms with Crippen LogP contribution in [0.2, 0.25) is 0 Å². The van der Waals surface area contributed by atoms with Gasteiger partial charge in [-0.3, -0.25) is 4.79 Å². The molecule has 1 rings (SSSR count). The zero-order chi connectivity index (χ0) is 14.1. The van der Waals surface area contributed by atoms with E-state index in [9.17, 15) is 4.79 Å². The van der Waals surface area contributed by atoms with Gasteiger partial charge in [0, 0.05) is 18.0 Å². The molecule has 0 unspecified atom stereocenters. The molecule has 0 heterocycles. The summed E-state index contributed by atoms with van der Waals surface area (Å²) in [7, 11) is 1.60.